The second kappa shape index (κ2) is 139. The Bertz CT molecular complexity index is 41.2. The molecule has 0 aromatic carbocycles. The molecular weight excluding hydrogens is 170 g/mol. The molecule has 0 rings (SSSR count). The minimum absolute atomic E-state index is 0.833. The van der Waals surface area contributed by atoms with Gasteiger partial charge in [0.25, 0.3) is 0 Å². The summed E-state index contributed by atoms with van der Waals surface area (Å²) in [5.74, 6) is 0. The van der Waals surface area contributed by atoms with Crippen LogP contribution in [0.25, 0.3) is 0 Å². The first-order valence-electron chi connectivity index (χ1n) is 5.86. The molecule has 14 heavy (non-hydrogen) atoms. The highest BCUT2D eigenvalue weighted by Gasteiger charge is 1.45. The van der Waals surface area contributed by atoms with Crippen LogP contribution in [0.5, 0.6) is 0 Å². The van der Waals surface area contributed by atoms with E-state index in [0.29, 0.717) is 0 Å². The van der Waals surface area contributed by atoms with Crippen LogP contribution in [0.2, 0.25) is 0 Å². The number of hydrogen-bond donors (Lipinski definition) is 0. The van der Waals surface area contributed by atoms with E-state index in [0.717, 1.165) is 13.0 Å². The Morgan fingerprint density at radius 1 is 0.929 bits per heavy atom. The third-order valence-corrected chi connectivity index (χ3v) is 0.512. The standard InChI is InChI=1S/C4H8.C3H7N.3C2H6/c2*1-3-4-2;3*1-2/h3H,1,4H2,2H3;2-3H2,1H3;3*1-2H3. The molecule has 0 bridgehead atoms. The summed E-state index contributed by atoms with van der Waals surface area (Å²) in [7, 11) is 0. The lowest BCUT2D eigenvalue weighted by atomic mass is 10.5. The highest BCUT2D eigenvalue weighted by atomic mass is 14.6. The van der Waals surface area contributed by atoms with Crippen molar-refractivity contribution >= 4 is 6.72 Å². The third kappa shape index (κ3) is 622. The summed E-state index contributed by atoms with van der Waals surface area (Å²) >= 11 is 0. The van der Waals surface area contributed by atoms with E-state index < -0.39 is 0 Å². The molecule has 0 fully saturated rings. The van der Waals surface area contributed by atoms with E-state index in [1.807, 2.05) is 54.5 Å². The molecule has 0 saturated carbocycles. The van der Waals surface area contributed by atoms with E-state index in [1.54, 1.807) is 0 Å². The van der Waals surface area contributed by atoms with Crippen molar-refractivity contribution in [3.05, 3.63) is 12.7 Å². The molecule has 0 aromatic rings. The van der Waals surface area contributed by atoms with Crippen molar-refractivity contribution in [2.24, 2.45) is 4.99 Å². The van der Waals surface area contributed by atoms with Crippen LogP contribution in [0.4, 0.5) is 0 Å². The maximum Gasteiger partial charge on any atom is 0.0353 e. The van der Waals surface area contributed by atoms with Crippen LogP contribution in [0.15, 0.2) is 17.6 Å². The molecule has 0 aromatic heterocycles. The largest absolute Gasteiger partial charge is 0.301 e. The Morgan fingerprint density at radius 2 is 1.07 bits per heavy atom. The number of rotatable bonds is 2. The molecule has 0 unspecified atom stereocenters. The molecule has 0 saturated heterocycles. The molecule has 1 heteroatoms. The van der Waals surface area contributed by atoms with Gasteiger partial charge >= 0.3 is 0 Å². The maximum atomic E-state index is 3.49. The first-order valence-corrected chi connectivity index (χ1v) is 5.86. The summed E-state index contributed by atoms with van der Waals surface area (Å²) in [6.07, 6.45) is 2.96. The van der Waals surface area contributed by atoms with E-state index in [2.05, 4.69) is 25.2 Å². The smallest absolute Gasteiger partial charge is 0.0353 e. The number of allylic oxidation sites excluding steroid dienone is 1. The number of nitrogens with zero attached hydrogens (tertiary/aromatic N) is 1. The minimum Gasteiger partial charge on any atom is -0.301 e. The van der Waals surface area contributed by atoms with E-state index in [4.69, 9.17) is 0 Å². The quantitative estimate of drug-likeness (QED) is 0.423. The minimum atomic E-state index is 0.833. The summed E-state index contributed by atoms with van der Waals surface area (Å²) in [5, 5.41) is 0. The van der Waals surface area contributed by atoms with Crippen molar-refractivity contribution < 1.29 is 0 Å². The van der Waals surface area contributed by atoms with Crippen molar-refractivity contribution in [3.63, 3.8) is 0 Å². The van der Waals surface area contributed by atoms with Gasteiger partial charge in [-0.25, -0.2) is 0 Å². The van der Waals surface area contributed by atoms with Gasteiger partial charge in [0.05, 0.1) is 0 Å². The van der Waals surface area contributed by atoms with Crippen LogP contribution in [0.3, 0.4) is 0 Å². The topological polar surface area (TPSA) is 12.4 Å². The average Bonchev–Trinajstić information content (AvgIpc) is 2.36. The molecule has 0 atom stereocenters. The lowest BCUT2D eigenvalue weighted by Gasteiger charge is -1.61. The fourth-order valence-corrected chi connectivity index (χ4v) is 0. The zero-order chi connectivity index (χ0) is 12.8. The molecule has 0 aliphatic carbocycles. The van der Waals surface area contributed by atoms with Crippen LogP contribution >= 0.6 is 0 Å². The summed E-state index contributed by atoms with van der Waals surface area (Å²) in [5.41, 5.74) is 0. The molecule has 0 amide bonds. The first kappa shape index (κ1) is 29.2. The van der Waals surface area contributed by atoms with Crippen LogP contribution in [-0.2, 0) is 0 Å². The Balaban J connectivity index is -0.0000000255. The highest BCUT2D eigenvalue weighted by molar-refractivity contribution is 5.22. The summed E-state index contributed by atoms with van der Waals surface area (Å²) in [6.45, 7) is 23.6. The van der Waals surface area contributed by atoms with Gasteiger partial charge < -0.3 is 4.99 Å². The molecule has 0 aliphatic heterocycles. The van der Waals surface area contributed by atoms with Crippen LogP contribution < -0.4 is 0 Å². The van der Waals surface area contributed by atoms with Gasteiger partial charge in [-0.05, 0) is 20.1 Å². The predicted octanol–water partition coefficient (Wildman–Crippen LogP) is 5.37. The molecule has 0 heterocycles. The number of aliphatic imine (C=N–C) groups is 1. The van der Waals surface area contributed by atoms with Gasteiger partial charge in [-0.2, -0.15) is 0 Å². The van der Waals surface area contributed by atoms with Crippen LogP contribution in [-0.4, -0.2) is 13.3 Å². The van der Waals surface area contributed by atoms with Gasteiger partial charge in [0.2, 0.25) is 0 Å². The fraction of sp³-hybridized carbons (Fsp3) is 0.769. The zero-order valence-electron chi connectivity index (χ0n) is 11.9. The van der Waals surface area contributed by atoms with Gasteiger partial charge in [-0.3, -0.25) is 0 Å². The van der Waals surface area contributed by atoms with Crippen LogP contribution in [0.1, 0.15) is 61.8 Å². The summed E-state index contributed by atoms with van der Waals surface area (Å²) < 4.78 is 0. The molecule has 0 aliphatic rings. The molecule has 1 nitrogen and oxygen atoms in total. The first-order chi connectivity index (χ1) is 6.83. The maximum absolute atomic E-state index is 3.49. The van der Waals surface area contributed by atoms with E-state index in [9.17, 15) is 0 Å². The van der Waals surface area contributed by atoms with Gasteiger partial charge in [0.15, 0.2) is 0 Å². The monoisotopic (exact) mass is 203 g/mol. The molecule has 0 radical (unpaired) electrons. The number of hydrogen-bond acceptors (Lipinski definition) is 1. The van der Waals surface area contributed by atoms with E-state index in [-0.39, 0.29) is 0 Å². The second-order valence-electron chi connectivity index (χ2n) is 1.24. The van der Waals surface area contributed by atoms with Crippen molar-refractivity contribution in [1.29, 1.82) is 0 Å². The van der Waals surface area contributed by atoms with Crippen molar-refractivity contribution in [2.75, 3.05) is 6.54 Å². The van der Waals surface area contributed by atoms with Crippen molar-refractivity contribution in [2.45, 2.75) is 61.8 Å². The third-order valence-electron chi connectivity index (χ3n) is 0.512. The van der Waals surface area contributed by atoms with Gasteiger partial charge in [-0.1, -0.05) is 54.5 Å². The van der Waals surface area contributed by atoms with Gasteiger partial charge in [-0.15, -0.1) is 6.58 Å². The lowest BCUT2D eigenvalue weighted by molar-refractivity contribution is 1.15. The molecule has 0 spiro atoms. The molecule has 0 N–H and O–H groups in total. The van der Waals surface area contributed by atoms with Crippen molar-refractivity contribution in [3.8, 4) is 0 Å². The molecular formula is C13H33N. The SMILES string of the molecule is C=CCC.C=NCC.CC.CC.CC. The van der Waals surface area contributed by atoms with Crippen molar-refractivity contribution in [1.82, 2.24) is 0 Å². The fourth-order valence-electron chi connectivity index (χ4n) is 0. The summed E-state index contributed by atoms with van der Waals surface area (Å²) in [4.78, 5) is 3.49. The average molecular weight is 203 g/mol. The zero-order valence-corrected chi connectivity index (χ0v) is 11.9. The van der Waals surface area contributed by atoms with Gasteiger partial charge in [0, 0.05) is 6.54 Å². The summed E-state index contributed by atoms with van der Waals surface area (Å²) in [6, 6.07) is 0. The lowest BCUT2D eigenvalue weighted by Crippen LogP contribution is -1.54. The Hall–Kier alpha value is -0.590. The van der Waals surface area contributed by atoms with Gasteiger partial charge in [0.1, 0.15) is 0 Å². The second-order valence-corrected chi connectivity index (χ2v) is 1.24. The normalized spacial score (nSPS) is 4.86. The molecule has 90 valence electrons. The predicted molar refractivity (Wildman–Crippen MR) is 74.6 cm³/mol. The van der Waals surface area contributed by atoms with E-state index in [1.165, 1.54) is 0 Å². The highest BCUT2D eigenvalue weighted by Crippen LogP contribution is 1.66. The van der Waals surface area contributed by atoms with Crippen LogP contribution in [0, 0.1) is 0 Å². The Labute approximate surface area is 93.3 Å². The van der Waals surface area contributed by atoms with E-state index >= 15 is 0 Å². The Kier molecular flexibility index (Phi) is 290. The Morgan fingerprint density at radius 3 is 1.07 bits per heavy atom.